The lowest BCUT2D eigenvalue weighted by Crippen LogP contribution is -2.14. The van der Waals surface area contributed by atoms with Crippen LogP contribution in [0.3, 0.4) is 0 Å². The molecule has 0 saturated carbocycles. The average Bonchev–Trinajstić information content (AvgIpc) is 3.17. The van der Waals surface area contributed by atoms with Crippen molar-refractivity contribution >= 4 is 17.4 Å². The van der Waals surface area contributed by atoms with Crippen LogP contribution in [-0.4, -0.2) is 29.0 Å². The fraction of sp³-hybridized carbons (Fsp3) is 0.231. The minimum Gasteiger partial charge on any atom is -0.497 e. The van der Waals surface area contributed by atoms with Gasteiger partial charge < -0.3 is 14.8 Å². The Morgan fingerprint density at radius 1 is 1.00 bits per heavy atom. The number of rotatable bonds is 8. The van der Waals surface area contributed by atoms with Crippen LogP contribution in [0.15, 0.2) is 66.9 Å². The summed E-state index contributed by atoms with van der Waals surface area (Å²) in [7, 11) is 1.63. The number of aryl methyl sites for hydroxylation is 1. The third-order valence-corrected chi connectivity index (χ3v) is 5.24. The number of nitrogens with one attached hydrogen (secondary N) is 1. The lowest BCUT2D eigenvalue weighted by molar-refractivity contribution is 0.102. The van der Waals surface area contributed by atoms with E-state index in [0.29, 0.717) is 23.7 Å². The van der Waals surface area contributed by atoms with E-state index < -0.39 is 0 Å². The van der Waals surface area contributed by atoms with Gasteiger partial charge in [-0.05, 0) is 73.5 Å². The number of aromatic nitrogens is 2. The quantitative estimate of drug-likeness (QED) is 0.362. The fourth-order valence-corrected chi connectivity index (χ4v) is 3.44. The molecule has 0 aliphatic heterocycles. The second-order valence-corrected chi connectivity index (χ2v) is 7.65. The van der Waals surface area contributed by atoms with Gasteiger partial charge in [-0.3, -0.25) is 9.20 Å². The van der Waals surface area contributed by atoms with Crippen LogP contribution < -0.4 is 14.8 Å². The molecular weight excluding hydrogens is 402 g/mol. The Morgan fingerprint density at radius 3 is 2.41 bits per heavy atom. The molecule has 0 saturated heterocycles. The number of pyridine rings is 1. The first kappa shape index (κ1) is 21.4. The predicted octanol–water partition coefficient (Wildman–Crippen LogP) is 5.75. The lowest BCUT2D eigenvalue weighted by atomic mass is 10.1. The molecule has 2 aromatic heterocycles. The van der Waals surface area contributed by atoms with E-state index in [1.807, 2.05) is 66.1 Å². The van der Waals surface area contributed by atoms with Gasteiger partial charge in [0.05, 0.1) is 13.7 Å². The van der Waals surface area contributed by atoms with E-state index in [0.717, 1.165) is 41.1 Å². The molecule has 4 rings (SSSR count). The third kappa shape index (κ3) is 4.59. The maximum absolute atomic E-state index is 13.1. The summed E-state index contributed by atoms with van der Waals surface area (Å²) in [5, 5.41) is 3.07. The van der Waals surface area contributed by atoms with Gasteiger partial charge in [0, 0.05) is 17.3 Å². The Kier molecular flexibility index (Phi) is 6.40. The van der Waals surface area contributed by atoms with E-state index in [2.05, 4.69) is 12.2 Å². The number of ether oxygens (including phenoxy) is 2. The second-order valence-electron chi connectivity index (χ2n) is 7.65. The van der Waals surface area contributed by atoms with Gasteiger partial charge in [-0.1, -0.05) is 19.4 Å². The average molecular weight is 430 g/mol. The molecule has 6 heteroatoms. The highest BCUT2D eigenvalue weighted by atomic mass is 16.5. The monoisotopic (exact) mass is 429 g/mol. The van der Waals surface area contributed by atoms with Gasteiger partial charge in [0.25, 0.3) is 5.91 Å². The van der Waals surface area contributed by atoms with Crippen LogP contribution in [0.5, 0.6) is 11.5 Å². The number of benzene rings is 2. The summed E-state index contributed by atoms with van der Waals surface area (Å²) >= 11 is 0. The van der Waals surface area contributed by atoms with E-state index in [4.69, 9.17) is 14.5 Å². The van der Waals surface area contributed by atoms with Gasteiger partial charge in [-0.25, -0.2) is 4.98 Å². The van der Waals surface area contributed by atoms with Crippen molar-refractivity contribution in [3.05, 3.63) is 78.0 Å². The van der Waals surface area contributed by atoms with E-state index in [-0.39, 0.29) is 5.91 Å². The number of methoxy groups -OCH3 is 1. The molecule has 0 spiro atoms. The molecule has 0 fully saturated rings. The standard InChI is InChI=1S/C26H27N3O3/c1-4-5-16-32-22-13-9-20(10-14-22)26(30)28-25-24(19-7-11-21(31-3)12-8-19)27-23-15-6-18(2)17-29(23)25/h6-15,17H,4-5,16H2,1-3H3,(H,28,30). The highest BCUT2D eigenvalue weighted by Gasteiger charge is 2.18. The van der Waals surface area contributed by atoms with E-state index >= 15 is 0 Å². The van der Waals surface area contributed by atoms with Crippen LogP contribution in [0.25, 0.3) is 16.9 Å². The van der Waals surface area contributed by atoms with Crippen molar-refractivity contribution in [3.63, 3.8) is 0 Å². The maximum Gasteiger partial charge on any atom is 0.256 e. The number of imidazole rings is 1. The van der Waals surface area contributed by atoms with Gasteiger partial charge in [0.15, 0.2) is 0 Å². The number of hydrogen-bond acceptors (Lipinski definition) is 4. The van der Waals surface area contributed by atoms with Crippen LogP contribution in [0.4, 0.5) is 5.82 Å². The Bertz CT molecular complexity index is 1210. The molecule has 4 aromatic rings. The molecule has 0 bridgehead atoms. The molecule has 0 aliphatic carbocycles. The first-order valence-corrected chi connectivity index (χ1v) is 10.8. The molecule has 0 atom stereocenters. The fourth-order valence-electron chi connectivity index (χ4n) is 3.44. The number of anilines is 1. The van der Waals surface area contributed by atoms with E-state index in [1.165, 1.54) is 0 Å². The Morgan fingerprint density at radius 2 is 1.72 bits per heavy atom. The van der Waals surface area contributed by atoms with Gasteiger partial charge in [0.1, 0.15) is 28.7 Å². The van der Waals surface area contributed by atoms with Gasteiger partial charge in [-0.15, -0.1) is 0 Å². The predicted molar refractivity (Wildman–Crippen MR) is 127 cm³/mol. The molecule has 0 unspecified atom stereocenters. The van der Waals surface area contributed by atoms with Crippen LogP contribution >= 0.6 is 0 Å². The molecule has 6 nitrogen and oxygen atoms in total. The van der Waals surface area contributed by atoms with Gasteiger partial charge >= 0.3 is 0 Å². The number of nitrogens with zero attached hydrogens (tertiary/aromatic N) is 2. The third-order valence-electron chi connectivity index (χ3n) is 5.24. The summed E-state index contributed by atoms with van der Waals surface area (Å²) < 4.78 is 12.9. The van der Waals surface area contributed by atoms with Crippen molar-refractivity contribution in [2.75, 3.05) is 19.0 Å². The summed E-state index contributed by atoms with van der Waals surface area (Å²) in [6, 6.07) is 18.8. The van der Waals surface area contributed by atoms with Crippen LogP contribution in [-0.2, 0) is 0 Å². The Hall–Kier alpha value is -3.80. The number of fused-ring (bicyclic) bond motifs is 1. The molecule has 32 heavy (non-hydrogen) atoms. The van der Waals surface area contributed by atoms with Crippen molar-refractivity contribution in [2.24, 2.45) is 0 Å². The molecule has 0 aliphatic rings. The van der Waals surface area contributed by atoms with Crippen LogP contribution in [0.2, 0.25) is 0 Å². The summed E-state index contributed by atoms with van der Waals surface area (Å²) in [5.74, 6) is 1.95. The summed E-state index contributed by atoms with van der Waals surface area (Å²) in [5.41, 5.74) is 3.97. The van der Waals surface area contributed by atoms with Crippen LogP contribution in [0.1, 0.15) is 35.7 Å². The Balaban J connectivity index is 1.65. The topological polar surface area (TPSA) is 64.9 Å². The first-order valence-electron chi connectivity index (χ1n) is 10.8. The molecule has 2 heterocycles. The van der Waals surface area contributed by atoms with Crippen molar-refractivity contribution in [2.45, 2.75) is 26.7 Å². The second kappa shape index (κ2) is 9.56. The number of carbonyl (C=O) groups is 1. The molecule has 0 radical (unpaired) electrons. The minimum atomic E-state index is -0.205. The SMILES string of the molecule is CCCCOc1ccc(C(=O)Nc2c(-c3ccc(OC)cc3)nc3ccc(C)cn23)cc1. The van der Waals surface area contributed by atoms with E-state index in [9.17, 15) is 4.79 Å². The van der Waals surface area contributed by atoms with Gasteiger partial charge in [-0.2, -0.15) is 0 Å². The Labute approximate surface area is 187 Å². The number of amides is 1. The highest BCUT2D eigenvalue weighted by molar-refractivity contribution is 6.05. The zero-order valence-corrected chi connectivity index (χ0v) is 18.6. The zero-order valence-electron chi connectivity index (χ0n) is 18.6. The zero-order chi connectivity index (χ0) is 22.5. The summed E-state index contributed by atoms with van der Waals surface area (Å²) in [6.45, 7) is 4.81. The lowest BCUT2D eigenvalue weighted by Gasteiger charge is -2.10. The number of carbonyl (C=O) groups excluding carboxylic acids is 1. The molecule has 164 valence electrons. The summed E-state index contributed by atoms with van der Waals surface area (Å²) in [6.07, 6.45) is 4.05. The minimum absolute atomic E-state index is 0.205. The van der Waals surface area contributed by atoms with Crippen molar-refractivity contribution < 1.29 is 14.3 Å². The number of hydrogen-bond donors (Lipinski definition) is 1. The van der Waals surface area contributed by atoms with Crippen LogP contribution in [0, 0.1) is 6.92 Å². The maximum atomic E-state index is 13.1. The van der Waals surface area contributed by atoms with Gasteiger partial charge in [0.2, 0.25) is 0 Å². The van der Waals surface area contributed by atoms with Crippen molar-refractivity contribution in [1.29, 1.82) is 0 Å². The smallest absolute Gasteiger partial charge is 0.256 e. The molecule has 1 N–H and O–H groups in total. The van der Waals surface area contributed by atoms with E-state index in [1.54, 1.807) is 19.2 Å². The first-order chi connectivity index (χ1) is 15.6. The van der Waals surface area contributed by atoms with Crippen molar-refractivity contribution in [1.82, 2.24) is 9.38 Å². The molecule has 1 amide bonds. The molecule has 2 aromatic carbocycles. The highest BCUT2D eigenvalue weighted by Crippen LogP contribution is 2.31. The molecular formula is C26H27N3O3. The largest absolute Gasteiger partial charge is 0.497 e. The van der Waals surface area contributed by atoms with Crippen molar-refractivity contribution in [3.8, 4) is 22.8 Å². The normalized spacial score (nSPS) is 10.8. The number of unbranched alkanes of at least 4 members (excludes halogenated alkanes) is 1. The summed E-state index contributed by atoms with van der Waals surface area (Å²) in [4.78, 5) is 17.9.